The van der Waals surface area contributed by atoms with Crippen LogP contribution in [0.4, 0.5) is 4.39 Å². The molecular formula is C29H25FN6O2. The third-order valence-electron chi connectivity index (χ3n) is 7.02. The number of fused-ring (bicyclic) bond motifs is 1. The van der Waals surface area contributed by atoms with Gasteiger partial charge in [-0.2, -0.15) is 0 Å². The minimum Gasteiger partial charge on any atom is -0.339 e. The van der Waals surface area contributed by atoms with Crippen molar-refractivity contribution in [2.75, 3.05) is 13.1 Å². The van der Waals surface area contributed by atoms with Crippen molar-refractivity contribution in [1.82, 2.24) is 29.9 Å². The number of amides is 1. The fraction of sp³-hybridized carbons (Fsp3) is 0.207. The number of benzene rings is 3. The Bertz CT molecular complexity index is 1650. The van der Waals surface area contributed by atoms with Crippen molar-refractivity contribution >= 4 is 17.1 Å². The van der Waals surface area contributed by atoms with E-state index in [1.807, 2.05) is 59.5 Å². The number of nitrogens with one attached hydrogen (secondary N) is 1. The normalized spacial score (nSPS) is 14.2. The summed E-state index contributed by atoms with van der Waals surface area (Å²) in [6, 6.07) is 23.9. The van der Waals surface area contributed by atoms with Crippen molar-refractivity contribution in [2.45, 2.75) is 25.3 Å². The summed E-state index contributed by atoms with van der Waals surface area (Å²) in [5.74, 6) is 0.211. The van der Waals surface area contributed by atoms with Crippen LogP contribution < -0.4 is 5.56 Å². The van der Waals surface area contributed by atoms with E-state index in [1.165, 1.54) is 16.8 Å². The minimum absolute atomic E-state index is 0.00247. The van der Waals surface area contributed by atoms with Gasteiger partial charge in [0.05, 0.1) is 6.54 Å². The summed E-state index contributed by atoms with van der Waals surface area (Å²) in [6.07, 6.45) is 1.35. The van der Waals surface area contributed by atoms with Crippen molar-refractivity contribution in [3.8, 4) is 11.1 Å². The SMILES string of the molecule is O=C(c1ccc(-c2ccccc2)cc1)N1CCC(c2nc3c(nnn3Cc3cccc(F)c3)c(=O)[nH]2)CC1. The predicted octanol–water partition coefficient (Wildman–Crippen LogP) is 4.39. The number of hydrogen-bond donors (Lipinski definition) is 1. The zero-order chi connectivity index (χ0) is 26.1. The van der Waals surface area contributed by atoms with Crippen LogP contribution in [-0.4, -0.2) is 48.9 Å². The van der Waals surface area contributed by atoms with E-state index in [1.54, 1.807) is 12.1 Å². The molecule has 1 amide bonds. The Morgan fingerprint density at radius 2 is 1.68 bits per heavy atom. The smallest absolute Gasteiger partial charge is 0.281 e. The summed E-state index contributed by atoms with van der Waals surface area (Å²) in [5.41, 5.74) is 3.69. The number of nitrogens with zero attached hydrogens (tertiary/aromatic N) is 5. The van der Waals surface area contributed by atoms with E-state index in [0.29, 0.717) is 48.5 Å². The molecule has 0 unspecified atom stereocenters. The molecule has 0 saturated carbocycles. The van der Waals surface area contributed by atoms with Crippen molar-refractivity contribution in [3.63, 3.8) is 0 Å². The van der Waals surface area contributed by atoms with Gasteiger partial charge in [-0.3, -0.25) is 9.59 Å². The highest BCUT2D eigenvalue weighted by Gasteiger charge is 2.27. The molecule has 1 aliphatic rings. The Balaban J connectivity index is 1.15. The highest BCUT2D eigenvalue weighted by molar-refractivity contribution is 5.94. The van der Waals surface area contributed by atoms with E-state index in [2.05, 4.69) is 15.3 Å². The third-order valence-corrected chi connectivity index (χ3v) is 7.02. The molecule has 0 radical (unpaired) electrons. The topological polar surface area (TPSA) is 96.8 Å². The third kappa shape index (κ3) is 4.70. The zero-order valence-electron chi connectivity index (χ0n) is 20.5. The molecule has 0 bridgehead atoms. The lowest BCUT2D eigenvalue weighted by molar-refractivity contribution is 0.0711. The van der Waals surface area contributed by atoms with Crippen LogP contribution in [0, 0.1) is 5.82 Å². The van der Waals surface area contributed by atoms with Gasteiger partial charge in [0.25, 0.3) is 11.5 Å². The Kier molecular flexibility index (Phi) is 6.25. The first-order chi connectivity index (χ1) is 18.5. The number of aromatic nitrogens is 5. The lowest BCUT2D eigenvalue weighted by atomic mass is 9.95. The highest BCUT2D eigenvalue weighted by Crippen LogP contribution is 2.27. The molecule has 0 atom stereocenters. The van der Waals surface area contributed by atoms with Gasteiger partial charge in [0.2, 0.25) is 0 Å². The zero-order valence-corrected chi connectivity index (χ0v) is 20.5. The molecule has 5 aromatic rings. The molecule has 1 aliphatic heterocycles. The van der Waals surface area contributed by atoms with Crippen molar-refractivity contribution in [3.05, 3.63) is 112 Å². The number of halogens is 1. The van der Waals surface area contributed by atoms with Gasteiger partial charge in [-0.15, -0.1) is 5.10 Å². The van der Waals surface area contributed by atoms with Gasteiger partial charge in [-0.25, -0.2) is 14.1 Å². The lowest BCUT2D eigenvalue weighted by Gasteiger charge is -2.31. The fourth-order valence-electron chi connectivity index (χ4n) is 4.97. The number of H-pyrrole nitrogens is 1. The summed E-state index contributed by atoms with van der Waals surface area (Å²) in [7, 11) is 0. The van der Waals surface area contributed by atoms with Crippen LogP contribution in [0.3, 0.4) is 0 Å². The lowest BCUT2D eigenvalue weighted by Crippen LogP contribution is -2.38. The van der Waals surface area contributed by atoms with Gasteiger partial charge in [-0.05, 0) is 53.8 Å². The Morgan fingerprint density at radius 3 is 2.42 bits per heavy atom. The second kappa shape index (κ2) is 10.0. The molecule has 190 valence electrons. The van der Waals surface area contributed by atoms with Gasteiger partial charge >= 0.3 is 0 Å². The highest BCUT2D eigenvalue weighted by atomic mass is 19.1. The van der Waals surface area contributed by atoms with Crippen LogP contribution in [0.5, 0.6) is 0 Å². The Labute approximate surface area is 217 Å². The minimum atomic E-state index is -0.354. The molecule has 6 rings (SSSR count). The van der Waals surface area contributed by atoms with E-state index in [4.69, 9.17) is 4.98 Å². The largest absolute Gasteiger partial charge is 0.339 e. The maximum absolute atomic E-state index is 13.6. The number of rotatable bonds is 5. The predicted molar refractivity (Wildman–Crippen MR) is 141 cm³/mol. The van der Waals surface area contributed by atoms with Crippen LogP contribution in [-0.2, 0) is 6.54 Å². The molecule has 1 fully saturated rings. The second-order valence-corrected chi connectivity index (χ2v) is 9.51. The van der Waals surface area contributed by atoms with Crippen LogP contribution in [0.25, 0.3) is 22.3 Å². The van der Waals surface area contributed by atoms with E-state index < -0.39 is 0 Å². The molecule has 1 saturated heterocycles. The van der Waals surface area contributed by atoms with E-state index >= 15 is 0 Å². The molecule has 1 N–H and O–H groups in total. The van der Waals surface area contributed by atoms with E-state index in [0.717, 1.165) is 11.1 Å². The summed E-state index contributed by atoms with van der Waals surface area (Å²) in [6.45, 7) is 1.37. The standard InChI is InChI=1S/C29H25FN6O2/c30-24-8-4-5-19(17-24)18-36-27-25(33-34-36)28(37)32-26(31-27)22-13-15-35(16-14-22)29(38)23-11-9-21(10-12-23)20-6-2-1-3-7-20/h1-12,17,22H,13-16,18H2,(H,31,32,37). The molecule has 9 heteroatoms. The number of aromatic amines is 1. The summed E-state index contributed by atoms with van der Waals surface area (Å²) in [5, 5.41) is 8.05. The molecule has 2 aromatic heterocycles. The van der Waals surface area contributed by atoms with Crippen LogP contribution in [0.15, 0.2) is 83.7 Å². The first kappa shape index (κ1) is 23.7. The second-order valence-electron chi connectivity index (χ2n) is 9.51. The van der Waals surface area contributed by atoms with Gasteiger partial charge in [-0.1, -0.05) is 59.8 Å². The molecule has 38 heavy (non-hydrogen) atoms. The first-order valence-corrected chi connectivity index (χ1v) is 12.6. The van der Waals surface area contributed by atoms with Crippen LogP contribution >= 0.6 is 0 Å². The number of carbonyl (C=O) groups excluding carboxylic acids is 1. The van der Waals surface area contributed by atoms with E-state index in [-0.39, 0.29) is 35.3 Å². The number of carbonyl (C=O) groups is 1. The molecule has 0 aliphatic carbocycles. The average Bonchev–Trinajstić information content (AvgIpc) is 3.36. The van der Waals surface area contributed by atoms with Gasteiger partial charge in [0, 0.05) is 24.6 Å². The maximum Gasteiger partial charge on any atom is 0.281 e. The number of likely N-dealkylation sites (tertiary alicyclic amines) is 1. The quantitative estimate of drug-likeness (QED) is 0.380. The van der Waals surface area contributed by atoms with Crippen LogP contribution in [0.2, 0.25) is 0 Å². The maximum atomic E-state index is 13.6. The summed E-state index contributed by atoms with van der Waals surface area (Å²) in [4.78, 5) is 35.2. The molecular weight excluding hydrogens is 483 g/mol. The molecule has 0 spiro atoms. The number of hydrogen-bond acceptors (Lipinski definition) is 5. The Morgan fingerprint density at radius 1 is 0.947 bits per heavy atom. The van der Waals surface area contributed by atoms with Gasteiger partial charge in [0.1, 0.15) is 11.6 Å². The van der Waals surface area contributed by atoms with Crippen molar-refractivity contribution in [1.29, 1.82) is 0 Å². The first-order valence-electron chi connectivity index (χ1n) is 12.6. The Hall–Kier alpha value is -4.66. The number of piperidine rings is 1. The summed E-state index contributed by atoms with van der Waals surface area (Å²) >= 11 is 0. The van der Waals surface area contributed by atoms with Gasteiger partial charge < -0.3 is 9.88 Å². The van der Waals surface area contributed by atoms with Crippen molar-refractivity contribution < 1.29 is 9.18 Å². The fourth-order valence-corrected chi connectivity index (χ4v) is 4.97. The summed E-state index contributed by atoms with van der Waals surface area (Å²) < 4.78 is 15.1. The molecule has 3 heterocycles. The van der Waals surface area contributed by atoms with Crippen LogP contribution in [0.1, 0.15) is 40.5 Å². The monoisotopic (exact) mass is 508 g/mol. The average molecular weight is 509 g/mol. The van der Waals surface area contributed by atoms with E-state index in [9.17, 15) is 14.0 Å². The van der Waals surface area contributed by atoms with Gasteiger partial charge in [0.15, 0.2) is 11.2 Å². The molecule has 8 nitrogen and oxygen atoms in total. The molecule has 3 aromatic carbocycles. The van der Waals surface area contributed by atoms with Crippen molar-refractivity contribution in [2.24, 2.45) is 0 Å².